The van der Waals surface area contributed by atoms with Gasteiger partial charge in [-0.25, -0.2) is 0 Å². The molecule has 0 spiro atoms. The number of nitrogens with two attached hydrogens (primary N) is 1. The Morgan fingerprint density at radius 2 is 2.06 bits per heavy atom. The lowest BCUT2D eigenvalue weighted by atomic mass is 9.86. The molecule has 1 heterocycles. The average Bonchev–Trinajstić information content (AvgIpc) is 2.19. The van der Waals surface area contributed by atoms with E-state index in [1.54, 1.807) is 0 Å². The van der Waals surface area contributed by atoms with E-state index in [1.807, 2.05) is 20.8 Å². The first-order valence-corrected chi connectivity index (χ1v) is 5.61. The van der Waals surface area contributed by atoms with Gasteiger partial charge in [-0.05, 0) is 11.8 Å². The van der Waals surface area contributed by atoms with Gasteiger partial charge in [0.1, 0.15) is 6.04 Å². The van der Waals surface area contributed by atoms with Gasteiger partial charge in [0.2, 0.25) is 17.7 Å². The van der Waals surface area contributed by atoms with Crippen LogP contribution in [0, 0.1) is 5.41 Å². The fourth-order valence-corrected chi connectivity index (χ4v) is 1.49. The van der Waals surface area contributed by atoms with Gasteiger partial charge >= 0.3 is 0 Å². The standard InChI is InChI=1S/C11H19N3O3/c1-11(2,3)8(12)10(17)13-6-4-5-7(15)14-9(6)16/h6,8H,4-5,12H2,1-3H3,(H,13,17)(H,14,15,16)/t6?,8-/m1/s1. The van der Waals surface area contributed by atoms with Crippen molar-refractivity contribution in [1.82, 2.24) is 10.6 Å². The highest BCUT2D eigenvalue weighted by atomic mass is 16.2. The zero-order chi connectivity index (χ0) is 13.2. The summed E-state index contributed by atoms with van der Waals surface area (Å²) in [5.74, 6) is -1.14. The van der Waals surface area contributed by atoms with Crippen LogP contribution in [0.4, 0.5) is 0 Å². The minimum Gasteiger partial charge on any atom is -0.343 e. The van der Waals surface area contributed by atoms with Crippen molar-refractivity contribution in [3.8, 4) is 0 Å². The van der Waals surface area contributed by atoms with Gasteiger partial charge in [0.15, 0.2) is 0 Å². The maximum absolute atomic E-state index is 11.8. The zero-order valence-corrected chi connectivity index (χ0v) is 10.4. The third-order valence-corrected chi connectivity index (χ3v) is 2.77. The van der Waals surface area contributed by atoms with Crippen LogP contribution in [0.3, 0.4) is 0 Å². The molecule has 0 radical (unpaired) electrons. The summed E-state index contributed by atoms with van der Waals surface area (Å²) in [7, 11) is 0. The lowest BCUT2D eigenvalue weighted by Gasteiger charge is -2.29. The number of hydrogen-bond acceptors (Lipinski definition) is 4. The Morgan fingerprint density at radius 1 is 1.47 bits per heavy atom. The minimum absolute atomic E-state index is 0.238. The Kier molecular flexibility index (Phi) is 3.87. The van der Waals surface area contributed by atoms with Crippen molar-refractivity contribution in [1.29, 1.82) is 0 Å². The fraction of sp³-hybridized carbons (Fsp3) is 0.727. The predicted molar refractivity (Wildman–Crippen MR) is 61.7 cm³/mol. The molecule has 4 N–H and O–H groups in total. The molecule has 6 heteroatoms. The second-order valence-corrected chi connectivity index (χ2v) is 5.36. The third-order valence-electron chi connectivity index (χ3n) is 2.77. The van der Waals surface area contributed by atoms with Crippen molar-refractivity contribution < 1.29 is 14.4 Å². The molecule has 1 saturated heterocycles. The molecule has 0 aliphatic carbocycles. The van der Waals surface area contributed by atoms with E-state index in [-0.39, 0.29) is 23.7 Å². The van der Waals surface area contributed by atoms with Crippen molar-refractivity contribution >= 4 is 17.7 Å². The van der Waals surface area contributed by atoms with E-state index in [0.29, 0.717) is 6.42 Å². The van der Waals surface area contributed by atoms with Gasteiger partial charge in [-0.15, -0.1) is 0 Å². The molecular weight excluding hydrogens is 222 g/mol. The zero-order valence-electron chi connectivity index (χ0n) is 10.4. The highest BCUT2D eigenvalue weighted by Gasteiger charge is 2.32. The number of amides is 3. The Morgan fingerprint density at radius 3 is 2.53 bits per heavy atom. The van der Waals surface area contributed by atoms with Crippen LogP contribution in [-0.4, -0.2) is 29.8 Å². The first-order chi connectivity index (χ1) is 7.71. The maximum Gasteiger partial charge on any atom is 0.249 e. The van der Waals surface area contributed by atoms with Crippen molar-refractivity contribution in [3.05, 3.63) is 0 Å². The van der Waals surface area contributed by atoms with Crippen LogP contribution in [0.5, 0.6) is 0 Å². The number of nitrogens with one attached hydrogen (secondary N) is 2. The van der Waals surface area contributed by atoms with E-state index in [9.17, 15) is 14.4 Å². The molecule has 1 unspecified atom stereocenters. The Bertz CT molecular complexity index is 346. The second-order valence-electron chi connectivity index (χ2n) is 5.36. The molecule has 0 aromatic carbocycles. The van der Waals surface area contributed by atoms with Gasteiger partial charge in [-0.2, -0.15) is 0 Å². The average molecular weight is 241 g/mol. The molecule has 1 fully saturated rings. The number of imide groups is 1. The lowest BCUT2D eigenvalue weighted by Crippen LogP contribution is -2.57. The largest absolute Gasteiger partial charge is 0.343 e. The van der Waals surface area contributed by atoms with Gasteiger partial charge in [0.05, 0.1) is 6.04 Å². The summed E-state index contributed by atoms with van der Waals surface area (Å²) in [6.07, 6.45) is 0.564. The highest BCUT2D eigenvalue weighted by molar-refractivity contribution is 6.02. The van der Waals surface area contributed by atoms with E-state index < -0.39 is 18.0 Å². The van der Waals surface area contributed by atoms with Crippen LogP contribution in [-0.2, 0) is 14.4 Å². The molecule has 17 heavy (non-hydrogen) atoms. The number of piperidine rings is 1. The Labute approximate surface area is 100 Å². The van der Waals surface area contributed by atoms with Gasteiger partial charge in [-0.1, -0.05) is 20.8 Å². The fourth-order valence-electron chi connectivity index (χ4n) is 1.49. The Balaban J connectivity index is 2.57. The molecular formula is C11H19N3O3. The summed E-state index contributed by atoms with van der Waals surface area (Å²) < 4.78 is 0. The van der Waals surface area contributed by atoms with Crippen molar-refractivity contribution in [2.45, 2.75) is 45.7 Å². The lowest BCUT2D eigenvalue weighted by molar-refractivity contribution is -0.138. The molecule has 1 aliphatic heterocycles. The molecule has 6 nitrogen and oxygen atoms in total. The number of rotatable bonds is 2. The molecule has 1 aliphatic rings. The van der Waals surface area contributed by atoms with Gasteiger partial charge < -0.3 is 11.1 Å². The van der Waals surface area contributed by atoms with Gasteiger partial charge in [0, 0.05) is 6.42 Å². The van der Waals surface area contributed by atoms with Gasteiger partial charge in [-0.3, -0.25) is 19.7 Å². The molecule has 0 bridgehead atoms. The minimum atomic E-state index is -0.687. The van der Waals surface area contributed by atoms with Crippen molar-refractivity contribution in [3.63, 3.8) is 0 Å². The number of hydrogen-bond donors (Lipinski definition) is 3. The molecule has 0 aromatic rings. The highest BCUT2D eigenvalue weighted by Crippen LogP contribution is 2.17. The number of carbonyl (C=O) groups is 3. The summed E-state index contributed by atoms with van der Waals surface area (Å²) in [5.41, 5.74) is 5.40. The molecule has 2 atom stereocenters. The van der Waals surface area contributed by atoms with Crippen LogP contribution in [0.25, 0.3) is 0 Å². The number of carbonyl (C=O) groups excluding carboxylic acids is 3. The molecule has 1 rings (SSSR count). The Hall–Kier alpha value is -1.43. The molecule has 0 aromatic heterocycles. The SMILES string of the molecule is CC(C)(C)[C@H](N)C(=O)NC1CCC(=O)NC1=O. The second kappa shape index (κ2) is 4.83. The summed E-state index contributed by atoms with van der Waals surface area (Å²) in [5, 5.41) is 4.75. The summed E-state index contributed by atoms with van der Waals surface area (Å²) in [4.78, 5) is 34.1. The van der Waals surface area contributed by atoms with Crippen molar-refractivity contribution in [2.24, 2.45) is 11.1 Å². The van der Waals surface area contributed by atoms with Crippen LogP contribution < -0.4 is 16.4 Å². The summed E-state index contributed by atoms with van der Waals surface area (Å²) in [6.45, 7) is 5.55. The third kappa shape index (κ3) is 3.52. The quantitative estimate of drug-likeness (QED) is 0.555. The van der Waals surface area contributed by atoms with E-state index in [4.69, 9.17) is 5.73 Å². The van der Waals surface area contributed by atoms with E-state index in [2.05, 4.69) is 10.6 Å². The van der Waals surface area contributed by atoms with E-state index in [0.717, 1.165) is 0 Å². The normalized spacial score (nSPS) is 22.9. The summed E-state index contributed by atoms with van der Waals surface area (Å²) >= 11 is 0. The van der Waals surface area contributed by atoms with Crippen LogP contribution >= 0.6 is 0 Å². The first-order valence-electron chi connectivity index (χ1n) is 5.61. The van der Waals surface area contributed by atoms with Crippen LogP contribution in [0.15, 0.2) is 0 Å². The smallest absolute Gasteiger partial charge is 0.249 e. The van der Waals surface area contributed by atoms with Crippen LogP contribution in [0.2, 0.25) is 0 Å². The van der Waals surface area contributed by atoms with Crippen molar-refractivity contribution in [2.75, 3.05) is 0 Å². The first kappa shape index (κ1) is 13.6. The predicted octanol–water partition coefficient (Wildman–Crippen LogP) is -0.719. The molecule has 3 amide bonds. The summed E-state index contributed by atoms with van der Waals surface area (Å²) in [6, 6.07) is -1.35. The monoisotopic (exact) mass is 241 g/mol. The van der Waals surface area contributed by atoms with Gasteiger partial charge in [0.25, 0.3) is 0 Å². The molecule has 96 valence electrons. The van der Waals surface area contributed by atoms with E-state index >= 15 is 0 Å². The van der Waals surface area contributed by atoms with E-state index in [1.165, 1.54) is 0 Å². The topological polar surface area (TPSA) is 101 Å². The maximum atomic E-state index is 11.8. The van der Waals surface area contributed by atoms with Crippen LogP contribution in [0.1, 0.15) is 33.6 Å². The molecule has 0 saturated carbocycles.